The lowest BCUT2D eigenvalue weighted by molar-refractivity contribution is 0.870. The van der Waals surface area contributed by atoms with Gasteiger partial charge in [-0.25, -0.2) is 0 Å². The van der Waals surface area contributed by atoms with E-state index in [0.29, 0.717) is 17.1 Å². The molecule has 0 spiro atoms. The minimum atomic E-state index is -0.0243. The second kappa shape index (κ2) is 10.1. The molecule has 0 atom stereocenters. The molecule has 3 heterocycles. The minimum absolute atomic E-state index is 0.0243. The SMILES string of the molecule is Clc1nnnc(Nc2cc(Nc3nnnc(Cl)c3Cl)cc(Nc3nnnc(Cl)c3Cl)c2)c1Cl. The van der Waals surface area contributed by atoms with Gasteiger partial charge in [0.25, 0.3) is 0 Å². The number of nitrogens with one attached hydrogen (secondary N) is 3. The van der Waals surface area contributed by atoms with Crippen molar-refractivity contribution in [3.05, 3.63) is 48.7 Å². The van der Waals surface area contributed by atoms with E-state index in [1.807, 2.05) is 0 Å². The normalized spacial score (nSPS) is 10.7. The van der Waals surface area contributed by atoms with Gasteiger partial charge in [-0.3, -0.25) is 0 Å². The first-order chi connectivity index (χ1) is 15.8. The van der Waals surface area contributed by atoms with Gasteiger partial charge in [0.1, 0.15) is 15.1 Å². The Hall–Kier alpha value is -2.61. The fourth-order valence-corrected chi connectivity index (χ4v) is 3.11. The summed E-state index contributed by atoms with van der Waals surface area (Å²) in [6.07, 6.45) is 0. The van der Waals surface area contributed by atoms with E-state index >= 15 is 0 Å². The average molecular weight is 567 g/mol. The molecule has 0 aliphatic carbocycles. The first-order valence-electron chi connectivity index (χ1n) is 8.41. The predicted octanol–water partition coefficient (Wildman–Crippen LogP) is 5.39. The molecule has 0 aliphatic rings. The summed E-state index contributed by atoms with van der Waals surface area (Å²) in [5.41, 5.74) is 1.44. The summed E-state index contributed by atoms with van der Waals surface area (Å²) in [5, 5.41) is 42.0. The molecule has 33 heavy (non-hydrogen) atoms. The number of hydrogen-bond acceptors (Lipinski definition) is 12. The number of rotatable bonds is 6. The van der Waals surface area contributed by atoms with Crippen molar-refractivity contribution < 1.29 is 0 Å². The molecule has 0 fully saturated rings. The number of halogens is 6. The maximum atomic E-state index is 6.15. The van der Waals surface area contributed by atoms with Crippen molar-refractivity contribution in [2.75, 3.05) is 16.0 Å². The molecule has 4 rings (SSSR count). The lowest BCUT2D eigenvalue weighted by Gasteiger charge is -2.14. The van der Waals surface area contributed by atoms with Crippen LogP contribution in [0.4, 0.5) is 34.5 Å². The van der Waals surface area contributed by atoms with Crippen LogP contribution in [0.25, 0.3) is 0 Å². The number of hydrogen-bond donors (Lipinski definition) is 3. The Labute approximate surface area is 214 Å². The van der Waals surface area contributed by atoms with E-state index in [9.17, 15) is 0 Å². The third-order valence-electron chi connectivity index (χ3n) is 3.72. The van der Waals surface area contributed by atoms with Crippen LogP contribution in [-0.4, -0.2) is 46.2 Å². The molecule has 0 radical (unpaired) electrons. The molecule has 168 valence electrons. The Morgan fingerprint density at radius 2 is 0.697 bits per heavy atom. The fraction of sp³-hybridized carbons (Fsp3) is 0. The Morgan fingerprint density at radius 1 is 0.424 bits per heavy atom. The number of nitrogens with zero attached hydrogens (tertiary/aromatic N) is 9. The van der Waals surface area contributed by atoms with Crippen LogP contribution in [0.2, 0.25) is 30.5 Å². The van der Waals surface area contributed by atoms with E-state index in [-0.39, 0.29) is 48.0 Å². The summed E-state index contributed by atoms with van der Waals surface area (Å²) in [5.74, 6) is 0.484. The standard InChI is InChI=1S/C15H6Cl6N12/c16-7-10(19)25-31-28-13(7)22-4-1-5(23-14-8(17)11(20)26-32-29-14)3-6(2-4)24-15-9(18)12(21)27-33-30-15/h1-3H,(H,22,25,28)(H,23,26,29)(H,24,27,30). The Kier molecular flexibility index (Phi) is 7.22. The van der Waals surface area contributed by atoms with Crippen LogP contribution in [0.3, 0.4) is 0 Å². The van der Waals surface area contributed by atoms with E-state index < -0.39 is 0 Å². The number of benzene rings is 1. The number of aromatic nitrogens is 9. The van der Waals surface area contributed by atoms with E-state index in [2.05, 4.69) is 62.2 Å². The summed E-state index contributed by atoms with van der Waals surface area (Å²) >= 11 is 36.2. The monoisotopic (exact) mass is 564 g/mol. The molecule has 0 saturated carbocycles. The molecule has 0 saturated heterocycles. The van der Waals surface area contributed by atoms with Crippen molar-refractivity contribution in [3.63, 3.8) is 0 Å². The summed E-state index contributed by atoms with van der Waals surface area (Å²) in [6, 6.07) is 5.03. The van der Waals surface area contributed by atoms with Gasteiger partial charge in [-0.2, -0.15) is 0 Å². The van der Waals surface area contributed by atoms with Gasteiger partial charge in [-0.15, -0.1) is 30.6 Å². The maximum absolute atomic E-state index is 6.15. The third-order valence-corrected chi connectivity index (χ3v) is 5.88. The van der Waals surface area contributed by atoms with Crippen LogP contribution in [-0.2, 0) is 0 Å². The largest absolute Gasteiger partial charge is 0.337 e. The van der Waals surface area contributed by atoms with Crippen molar-refractivity contribution in [1.82, 2.24) is 46.2 Å². The van der Waals surface area contributed by atoms with E-state index in [1.165, 1.54) is 0 Å². The van der Waals surface area contributed by atoms with Crippen LogP contribution < -0.4 is 16.0 Å². The topological polar surface area (TPSA) is 152 Å². The Balaban J connectivity index is 1.74. The molecule has 0 unspecified atom stereocenters. The Bertz CT molecular complexity index is 1170. The van der Waals surface area contributed by atoms with Gasteiger partial charge in [-0.05, 0) is 33.8 Å². The van der Waals surface area contributed by atoms with Crippen molar-refractivity contribution in [2.45, 2.75) is 0 Å². The van der Waals surface area contributed by atoms with Crippen LogP contribution in [0, 0.1) is 0 Å². The molecule has 4 aromatic rings. The first-order valence-corrected chi connectivity index (χ1v) is 10.7. The quantitative estimate of drug-likeness (QED) is 0.274. The van der Waals surface area contributed by atoms with Gasteiger partial charge >= 0.3 is 0 Å². The highest BCUT2D eigenvalue weighted by molar-refractivity contribution is 6.43. The Morgan fingerprint density at radius 3 is 0.970 bits per heavy atom. The molecule has 1 aromatic carbocycles. The summed E-state index contributed by atoms with van der Waals surface area (Å²) in [4.78, 5) is 0. The molecular formula is C15H6Cl6N12. The third kappa shape index (κ3) is 5.49. The lowest BCUT2D eigenvalue weighted by Crippen LogP contribution is -2.04. The molecule has 0 amide bonds. The van der Waals surface area contributed by atoms with E-state index in [0.717, 1.165) is 0 Å². The highest BCUT2D eigenvalue weighted by Gasteiger charge is 2.14. The van der Waals surface area contributed by atoms with Gasteiger partial charge in [0, 0.05) is 17.1 Å². The van der Waals surface area contributed by atoms with Gasteiger partial charge < -0.3 is 16.0 Å². The highest BCUT2D eigenvalue weighted by atomic mass is 35.5. The zero-order chi connectivity index (χ0) is 23.5. The predicted molar refractivity (Wildman–Crippen MR) is 126 cm³/mol. The second-order valence-corrected chi connectivity index (χ2v) is 8.11. The first kappa shape index (κ1) is 23.5. The van der Waals surface area contributed by atoms with E-state index in [1.54, 1.807) is 18.2 Å². The summed E-state index contributed by atoms with van der Waals surface area (Å²) < 4.78 is 0. The molecular weight excluding hydrogens is 561 g/mol. The van der Waals surface area contributed by atoms with Crippen LogP contribution >= 0.6 is 69.6 Å². The van der Waals surface area contributed by atoms with Crippen molar-refractivity contribution in [3.8, 4) is 0 Å². The molecule has 18 heteroatoms. The lowest BCUT2D eigenvalue weighted by atomic mass is 10.2. The second-order valence-electron chi connectivity index (χ2n) is 5.90. The van der Waals surface area contributed by atoms with Gasteiger partial charge in [-0.1, -0.05) is 69.6 Å². The summed E-state index contributed by atoms with van der Waals surface area (Å²) in [6.45, 7) is 0. The molecule has 12 nitrogen and oxygen atoms in total. The fourth-order valence-electron chi connectivity index (χ4n) is 2.37. The molecule has 0 bridgehead atoms. The smallest absolute Gasteiger partial charge is 0.176 e. The maximum Gasteiger partial charge on any atom is 0.176 e. The van der Waals surface area contributed by atoms with Crippen molar-refractivity contribution >= 4 is 104 Å². The molecule has 3 aromatic heterocycles. The van der Waals surface area contributed by atoms with Crippen molar-refractivity contribution in [1.29, 1.82) is 0 Å². The zero-order valence-corrected chi connectivity index (χ0v) is 20.1. The number of anilines is 6. The minimum Gasteiger partial charge on any atom is -0.337 e. The molecule has 3 N–H and O–H groups in total. The van der Waals surface area contributed by atoms with Gasteiger partial charge in [0.05, 0.1) is 0 Å². The highest BCUT2D eigenvalue weighted by Crippen LogP contribution is 2.35. The average Bonchev–Trinajstić information content (AvgIpc) is 2.78. The molecule has 0 aliphatic heterocycles. The van der Waals surface area contributed by atoms with Crippen LogP contribution in [0.5, 0.6) is 0 Å². The summed E-state index contributed by atoms with van der Waals surface area (Å²) in [7, 11) is 0. The van der Waals surface area contributed by atoms with Gasteiger partial charge in [0.2, 0.25) is 0 Å². The van der Waals surface area contributed by atoms with Crippen LogP contribution in [0.1, 0.15) is 0 Å². The van der Waals surface area contributed by atoms with Crippen LogP contribution in [0.15, 0.2) is 18.2 Å². The van der Waals surface area contributed by atoms with Gasteiger partial charge in [0.15, 0.2) is 32.9 Å². The zero-order valence-electron chi connectivity index (χ0n) is 15.5. The van der Waals surface area contributed by atoms with Crippen molar-refractivity contribution in [2.24, 2.45) is 0 Å². The van der Waals surface area contributed by atoms with E-state index in [4.69, 9.17) is 69.6 Å².